The highest BCUT2D eigenvalue weighted by molar-refractivity contribution is 5.03. The molecule has 1 atom stereocenters. The molecule has 2 fully saturated rings. The van der Waals surface area contributed by atoms with Crippen molar-refractivity contribution < 1.29 is 0 Å². The van der Waals surface area contributed by atoms with Crippen LogP contribution >= 0.6 is 0 Å². The maximum Gasteiger partial charge on any atom is 0.0248 e. The molecule has 12 heavy (non-hydrogen) atoms. The quantitative estimate of drug-likeness (QED) is 0.630. The first kappa shape index (κ1) is 8.52. The van der Waals surface area contributed by atoms with E-state index >= 15 is 0 Å². The second-order valence-corrected chi connectivity index (χ2v) is 4.57. The van der Waals surface area contributed by atoms with Gasteiger partial charge in [0.1, 0.15) is 0 Å². The van der Waals surface area contributed by atoms with Gasteiger partial charge in [-0.2, -0.15) is 0 Å². The summed E-state index contributed by atoms with van der Waals surface area (Å²) < 4.78 is 0. The number of hydrogen-bond donors (Lipinski definition) is 1. The van der Waals surface area contributed by atoms with E-state index in [0.717, 1.165) is 6.04 Å². The summed E-state index contributed by atoms with van der Waals surface area (Å²) in [6, 6.07) is 0.755. The van der Waals surface area contributed by atoms with Crippen molar-refractivity contribution in [1.82, 2.24) is 10.2 Å². The van der Waals surface area contributed by atoms with Crippen LogP contribution in [-0.2, 0) is 0 Å². The van der Waals surface area contributed by atoms with Gasteiger partial charge in [0.15, 0.2) is 0 Å². The molecular formula is C10H20N2. The number of nitrogens with zero attached hydrogens (tertiary/aromatic N) is 1. The molecule has 1 N–H and O–H groups in total. The van der Waals surface area contributed by atoms with Crippen molar-refractivity contribution in [3.63, 3.8) is 0 Å². The summed E-state index contributed by atoms with van der Waals surface area (Å²) in [6.07, 6.45) is 5.77. The number of nitrogens with one attached hydrogen (secondary N) is 1. The highest BCUT2D eigenvalue weighted by Gasteiger charge is 2.49. The predicted molar refractivity (Wildman–Crippen MR) is 51.2 cm³/mol. The maximum absolute atomic E-state index is 3.49. The SMILES string of the molecule is CN[C@H]1CN(C)CCCC12CC2. The second kappa shape index (κ2) is 3.00. The van der Waals surface area contributed by atoms with Crippen LogP contribution in [0.1, 0.15) is 25.7 Å². The molecule has 2 aliphatic rings. The molecule has 1 saturated carbocycles. The molecule has 1 aliphatic heterocycles. The Bertz CT molecular complexity index is 163. The van der Waals surface area contributed by atoms with Crippen molar-refractivity contribution in [3.8, 4) is 0 Å². The summed E-state index contributed by atoms with van der Waals surface area (Å²) in [4.78, 5) is 2.47. The Labute approximate surface area is 75.3 Å². The molecule has 2 nitrogen and oxygen atoms in total. The van der Waals surface area contributed by atoms with Crippen LogP contribution in [0.25, 0.3) is 0 Å². The molecule has 1 aliphatic carbocycles. The number of likely N-dealkylation sites (N-methyl/N-ethyl adjacent to an activating group) is 2. The molecule has 2 heteroatoms. The molecule has 2 rings (SSSR count). The first-order valence-electron chi connectivity index (χ1n) is 5.13. The molecule has 0 aromatic rings. The molecule has 1 heterocycles. The van der Waals surface area contributed by atoms with Crippen molar-refractivity contribution in [2.75, 3.05) is 27.2 Å². The van der Waals surface area contributed by atoms with Gasteiger partial charge in [0.05, 0.1) is 0 Å². The van der Waals surface area contributed by atoms with E-state index in [9.17, 15) is 0 Å². The molecule has 0 bridgehead atoms. The van der Waals surface area contributed by atoms with E-state index in [2.05, 4.69) is 24.3 Å². The summed E-state index contributed by atoms with van der Waals surface area (Å²) in [6.45, 7) is 2.54. The van der Waals surface area contributed by atoms with Gasteiger partial charge in [-0.3, -0.25) is 0 Å². The Morgan fingerprint density at radius 2 is 2.08 bits per heavy atom. The average molecular weight is 168 g/mol. The third-order valence-corrected chi connectivity index (χ3v) is 3.69. The van der Waals surface area contributed by atoms with E-state index in [1.165, 1.54) is 38.8 Å². The minimum absolute atomic E-state index is 0.708. The fraction of sp³-hybridized carbons (Fsp3) is 1.00. The summed E-state index contributed by atoms with van der Waals surface area (Å²) in [5, 5.41) is 3.49. The molecule has 1 saturated heterocycles. The van der Waals surface area contributed by atoms with Gasteiger partial charge in [-0.1, -0.05) is 0 Å². The van der Waals surface area contributed by atoms with Crippen molar-refractivity contribution in [2.24, 2.45) is 5.41 Å². The van der Waals surface area contributed by atoms with Crippen LogP contribution in [0.5, 0.6) is 0 Å². The zero-order valence-corrected chi connectivity index (χ0v) is 8.27. The Balaban J connectivity index is 2.04. The average Bonchev–Trinajstić information content (AvgIpc) is 2.82. The van der Waals surface area contributed by atoms with Gasteiger partial charge in [-0.25, -0.2) is 0 Å². The van der Waals surface area contributed by atoms with Crippen molar-refractivity contribution in [1.29, 1.82) is 0 Å². The minimum Gasteiger partial charge on any atom is -0.315 e. The van der Waals surface area contributed by atoms with Crippen LogP contribution < -0.4 is 5.32 Å². The Hall–Kier alpha value is -0.0800. The van der Waals surface area contributed by atoms with Gasteiger partial charge in [0.25, 0.3) is 0 Å². The predicted octanol–water partition coefficient (Wildman–Crippen LogP) is 1.08. The third kappa shape index (κ3) is 1.38. The molecular weight excluding hydrogens is 148 g/mol. The monoisotopic (exact) mass is 168 g/mol. The number of rotatable bonds is 1. The normalized spacial score (nSPS) is 35.0. The Morgan fingerprint density at radius 1 is 1.33 bits per heavy atom. The van der Waals surface area contributed by atoms with Gasteiger partial charge in [-0.15, -0.1) is 0 Å². The van der Waals surface area contributed by atoms with Gasteiger partial charge >= 0.3 is 0 Å². The van der Waals surface area contributed by atoms with Gasteiger partial charge < -0.3 is 10.2 Å². The Morgan fingerprint density at radius 3 is 2.67 bits per heavy atom. The minimum atomic E-state index is 0.708. The third-order valence-electron chi connectivity index (χ3n) is 3.69. The lowest BCUT2D eigenvalue weighted by atomic mass is 9.92. The van der Waals surface area contributed by atoms with Gasteiger partial charge in [0.2, 0.25) is 0 Å². The highest BCUT2D eigenvalue weighted by atomic mass is 15.1. The highest BCUT2D eigenvalue weighted by Crippen LogP contribution is 2.53. The van der Waals surface area contributed by atoms with E-state index in [0.29, 0.717) is 5.41 Å². The standard InChI is InChI=1S/C10H20N2/c1-11-9-8-12(2)7-3-4-10(9)5-6-10/h9,11H,3-8H2,1-2H3/t9-/m0/s1. The number of likely N-dealkylation sites (tertiary alicyclic amines) is 1. The van der Waals surface area contributed by atoms with E-state index in [4.69, 9.17) is 0 Å². The fourth-order valence-electron chi connectivity index (χ4n) is 2.63. The lowest BCUT2D eigenvalue weighted by Gasteiger charge is -2.26. The zero-order valence-electron chi connectivity index (χ0n) is 8.27. The van der Waals surface area contributed by atoms with Gasteiger partial charge in [-0.05, 0) is 51.7 Å². The first-order chi connectivity index (χ1) is 5.77. The van der Waals surface area contributed by atoms with Crippen LogP contribution in [-0.4, -0.2) is 38.1 Å². The maximum atomic E-state index is 3.49. The van der Waals surface area contributed by atoms with E-state index in [1.807, 2.05) is 0 Å². The van der Waals surface area contributed by atoms with Crippen LogP contribution in [0.3, 0.4) is 0 Å². The summed E-state index contributed by atoms with van der Waals surface area (Å²) >= 11 is 0. The van der Waals surface area contributed by atoms with E-state index in [1.54, 1.807) is 0 Å². The van der Waals surface area contributed by atoms with Crippen LogP contribution in [0.2, 0.25) is 0 Å². The van der Waals surface area contributed by atoms with Gasteiger partial charge in [0, 0.05) is 12.6 Å². The molecule has 0 radical (unpaired) electrons. The smallest absolute Gasteiger partial charge is 0.0248 e. The van der Waals surface area contributed by atoms with E-state index in [-0.39, 0.29) is 0 Å². The summed E-state index contributed by atoms with van der Waals surface area (Å²) in [5.41, 5.74) is 0.708. The molecule has 70 valence electrons. The first-order valence-corrected chi connectivity index (χ1v) is 5.13. The van der Waals surface area contributed by atoms with Crippen molar-refractivity contribution >= 4 is 0 Å². The lowest BCUT2D eigenvalue weighted by Crippen LogP contribution is -2.41. The molecule has 0 aromatic carbocycles. The van der Waals surface area contributed by atoms with Crippen LogP contribution in [0, 0.1) is 5.41 Å². The fourth-order valence-corrected chi connectivity index (χ4v) is 2.63. The molecule has 0 aromatic heterocycles. The molecule has 0 unspecified atom stereocenters. The lowest BCUT2D eigenvalue weighted by molar-refractivity contribution is 0.276. The van der Waals surface area contributed by atoms with Crippen LogP contribution in [0.15, 0.2) is 0 Å². The van der Waals surface area contributed by atoms with Crippen molar-refractivity contribution in [2.45, 2.75) is 31.7 Å². The van der Waals surface area contributed by atoms with Crippen molar-refractivity contribution in [3.05, 3.63) is 0 Å². The zero-order chi connectivity index (χ0) is 8.60. The summed E-state index contributed by atoms with van der Waals surface area (Å²) in [5.74, 6) is 0. The number of hydrogen-bond acceptors (Lipinski definition) is 2. The van der Waals surface area contributed by atoms with Crippen LogP contribution in [0.4, 0.5) is 0 Å². The topological polar surface area (TPSA) is 15.3 Å². The largest absolute Gasteiger partial charge is 0.315 e. The second-order valence-electron chi connectivity index (χ2n) is 4.57. The van der Waals surface area contributed by atoms with E-state index < -0.39 is 0 Å². The molecule has 0 amide bonds. The molecule has 1 spiro atoms. The Kier molecular flexibility index (Phi) is 2.13. The summed E-state index contributed by atoms with van der Waals surface area (Å²) in [7, 11) is 4.36.